The van der Waals surface area contributed by atoms with Gasteiger partial charge in [0.2, 0.25) is 0 Å². The molecule has 0 fully saturated rings. The predicted octanol–water partition coefficient (Wildman–Crippen LogP) is 4.23. The molecule has 0 spiro atoms. The standard InChI is InChI=1S/C16H10BrNO/c17-12-5-3-4-11(10-12)16(19)14-8-9-18-15-7-2-1-6-13(14)15/h1-10H. The zero-order valence-electron chi connectivity index (χ0n) is 10.0. The summed E-state index contributed by atoms with van der Waals surface area (Å²) >= 11 is 3.39. The number of carbonyl (C=O) groups excluding carboxylic acids is 1. The van der Waals surface area contributed by atoms with Crippen LogP contribution in [-0.4, -0.2) is 10.8 Å². The van der Waals surface area contributed by atoms with E-state index >= 15 is 0 Å². The summed E-state index contributed by atoms with van der Waals surface area (Å²) in [7, 11) is 0. The van der Waals surface area contributed by atoms with E-state index in [2.05, 4.69) is 20.9 Å². The molecule has 3 rings (SSSR count). The molecule has 0 saturated carbocycles. The van der Waals surface area contributed by atoms with E-state index in [1.165, 1.54) is 0 Å². The number of hydrogen-bond donors (Lipinski definition) is 0. The average molecular weight is 312 g/mol. The fourth-order valence-corrected chi connectivity index (χ4v) is 2.48. The van der Waals surface area contributed by atoms with Gasteiger partial charge in [0.05, 0.1) is 5.52 Å². The normalized spacial score (nSPS) is 10.6. The highest BCUT2D eigenvalue weighted by atomic mass is 79.9. The number of hydrogen-bond acceptors (Lipinski definition) is 2. The van der Waals surface area contributed by atoms with Gasteiger partial charge in [-0.25, -0.2) is 0 Å². The third-order valence-corrected chi connectivity index (χ3v) is 3.47. The Balaban J connectivity index is 2.17. The van der Waals surface area contributed by atoms with Crippen LogP contribution in [0.4, 0.5) is 0 Å². The van der Waals surface area contributed by atoms with Gasteiger partial charge in [-0.05, 0) is 24.3 Å². The van der Waals surface area contributed by atoms with Gasteiger partial charge in [-0.2, -0.15) is 0 Å². The second kappa shape index (κ2) is 4.94. The number of fused-ring (bicyclic) bond motifs is 1. The van der Waals surface area contributed by atoms with E-state index in [9.17, 15) is 4.79 Å². The summed E-state index contributed by atoms with van der Waals surface area (Å²) in [6, 6.07) is 16.9. The molecule has 2 aromatic carbocycles. The molecule has 1 heterocycles. The number of benzene rings is 2. The summed E-state index contributed by atoms with van der Waals surface area (Å²) in [6.45, 7) is 0. The van der Waals surface area contributed by atoms with Crippen molar-refractivity contribution in [2.75, 3.05) is 0 Å². The van der Waals surface area contributed by atoms with Crippen LogP contribution in [0.25, 0.3) is 10.9 Å². The van der Waals surface area contributed by atoms with Crippen molar-refractivity contribution in [1.82, 2.24) is 4.98 Å². The summed E-state index contributed by atoms with van der Waals surface area (Å²) in [6.07, 6.45) is 1.67. The fourth-order valence-electron chi connectivity index (χ4n) is 2.08. The maximum atomic E-state index is 12.6. The van der Waals surface area contributed by atoms with E-state index in [1.807, 2.05) is 48.5 Å². The Hall–Kier alpha value is -2.00. The van der Waals surface area contributed by atoms with Crippen molar-refractivity contribution in [3.05, 3.63) is 76.4 Å². The monoisotopic (exact) mass is 311 g/mol. The number of pyridine rings is 1. The summed E-state index contributed by atoms with van der Waals surface area (Å²) in [5.74, 6) is 0.0138. The summed E-state index contributed by atoms with van der Waals surface area (Å²) < 4.78 is 0.900. The molecule has 0 aliphatic rings. The average Bonchev–Trinajstić information content (AvgIpc) is 2.46. The molecule has 3 heteroatoms. The van der Waals surface area contributed by atoms with Crippen LogP contribution < -0.4 is 0 Å². The van der Waals surface area contributed by atoms with Gasteiger partial charge in [0.15, 0.2) is 5.78 Å². The lowest BCUT2D eigenvalue weighted by atomic mass is 10.00. The van der Waals surface area contributed by atoms with Crippen molar-refractivity contribution in [3.8, 4) is 0 Å². The first-order valence-corrected chi connectivity index (χ1v) is 6.69. The van der Waals surface area contributed by atoms with Gasteiger partial charge in [0.1, 0.15) is 0 Å². The van der Waals surface area contributed by atoms with Crippen molar-refractivity contribution in [2.24, 2.45) is 0 Å². The van der Waals surface area contributed by atoms with Crippen LogP contribution in [-0.2, 0) is 0 Å². The molecule has 1 aromatic heterocycles. The molecule has 0 N–H and O–H groups in total. The van der Waals surface area contributed by atoms with Gasteiger partial charge in [-0.15, -0.1) is 0 Å². The summed E-state index contributed by atoms with van der Waals surface area (Å²) in [5.41, 5.74) is 2.19. The highest BCUT2D eigenvalue weighted by Gasteiger charge is 2.12. The van der Waals surface area contributed by atoms with E-state index in [0.29, 0.717) is 11.1 Å². The minimum Gasteiger partial charge on any atom is -0.289 e. The number of carbonyl (C=O) groups is 1. The molecule has 0 aliphatic carbocycles. The number of ketones is 1. The minimum atomic E-state index is 0.0138. The Morgan fingerprint density at radius 1 is 1.00 bits per heavy atom. The molecule has 19 heavy (non-hydrogen) atoms. The van der Waals surface area contributed by atoms with Crippen LogP contribution in [0.2, 0.25) is 0 Å². The van der Waals surface area contributed by atoms with Crippen LogP contribution in [0, 0.1) is 0 Å². The van der Waals surface area contributed by atoms with Crippen molar-refractivity contribution >= 4 is 32.6 Å². The van der Waals surface area contributed by atoms with Crippen LogP contribution in [0.5, 0.6) is 0 Å². The quantitative estimate of drug-likeness (QED) is 0.663. The van der Waals surface area contributed by atoms with Gasteiger partial charge in [-0.3, -0.25) is 9.78 Å². The lowest BCUT2D eigenvalue weighted by Gasteiger charge is -2.05. The number of rotatable bonds is 2. The molecule has 0 unspecified atom stereocenters. The van der Waals surface area contributed by atoms with Crippen LogP contribution in [0.3, 0.4) is 0 Å². The first-order chi connectivity index (χ1) is 9.25. The molecular weight excluding hydrogens is 302 g/mol. The van der Waals surface area contributed by atoms with E-state index in [4.69, 9.17) is 0 Å². The highest BCUT2D eigenvalue weighted by molar-refractivity contribution is 9.10. The maximum absolute atomic E-state index is 12.6. The number of para-hydroxylation sites is 1. The Morgan fingerprint density at radius 3 is 2.68 bits per heavy atom. The molecule has 0 saturated heterocycles. The third kappa shape index (κ3) is 2.29. The Labute approximate surface area is 119 Å². The second-order valence-corrected chi connectivity index (χ2v) is 5.13. The Morgan fingerprint density at radius 2 is 1.84 bits per heavy atom. The molecule has 3 aromatic rings. The maximum Gasteiger partial charge on any atom is 0.193 e. The molecule has 2 nitrogen and oxygen atoms in total. The Kier molecular flexibility index (Phi) is 3.13. The van der Waals surface area contributed by atoms with Gasteiger partial charge >= 0.3 is 0 Å². The topological polar surface area (TPSA) is 30.0 Å². The van der Waals surface area contributed by atoms with E-state index in [-0.39, 0.29) is 5.78 Å². The number of aromatic nitrogens is 1. The number of halogens is 1. The first kappa shape index (κ1) is 12.1. The van der Waals surface area contributed by atoms with E-state index < -0.39 is 0 Å². The highest BCUT2D eigenvalue weighted by Crippen LogP contribution is 2.21. The van der Waals surface area contributed by atoms with Crippen molar-refractivity contribution in [3.63, 3.8) is 0 Å². The third-order valence-electron chi connectivity index (χ3n) is 2.98. The van der Waals surface area contributed by atoms with Crippen LogP contribution in [0.15, 0.2) is 65.3 Å². The van der Waals surface area contributed by atoms with Crippen LogP contribution in [0.1, 0.15) is 15.9 Å². The zero-order chi connectivity index (χ0) is 13.2. The largest absolute Gasteiger partial charge is 0.289 e. The van der Waals surface area contributed by atoms with E-state index in [1.54, 1.807) is 12.3 Å². The fraction of sp³-hybridized carbons (Fsp3) is 0. The Bertz CT molecular complexity index is 762. The van der Waals surface area contributed by atoms with Crippen LogP contribution >= 0.6 is 15.9 Å². The molecule has 0 bridgehead atoms. The van der Waals surface area contributed by atoms with Crippen molar-refractivity contribution in [2.45, 2.75) is 0 Å². The first-order valence-electron chi connectivity index (χ1n) is 5.90. The minimum absolute atomic E-state index is 0.0138. The van der Waals surface area contributed by atoms with Gasteiger partial charge in [0.25, 0.3) is 0 Å². The molecular formula is C16H10BrNO. The predicted molar refractivity (Wildman–Crippen MR) is 79.3 cm³/mol. The summed E-state index contributed by atoms with van der Waals surface area (Å²) in [4.78, 5) is 16.8. The summed E-state index contributed by atoms with van der Waals surface area (Å²) in [5, 5.41) is 0.884. The van der Waals surface area contributed by atoms with Gasteiger partial charge in [-0.1, -0.05) is 46.3 Å². The SMILES string of the molecule is O=C(c1cccc(Br)c1)c1ccnc2ccccc12. The zero-order valence-corrected chi connectivity index (χ0v) is 11.6. The van der Waals surface area contributed by atoms with E-state index in [0.717, 1.165) is 15.4 Å². The number of nitrogens with zero attached hydrogens (tertiary/aromatic N) is 1. The molecule has 0 radical (unpaired) electrons. The van der Waals surface area contributed by atoms with Gasteiger partial charge < -0.3 is 0 Å². The molecule has 0 atom stereocenters. The smallest absolute Gasteiger partial charge is 0.193 e. The van der Waals surface area contributed by atoms with Crippen molar-refractivity contribution < 1.29 is 4.79 Å². The molecule has 92 valence electrons. The van der Waals surface area contributed by atoms with Gasteiger partial charge in [0, 0.05) is 27.2 Å². The lowest BCUT2D eigenvalue weighted by molar-refractivity contribution is 0.104. The lowest BCUT2D eigenvalue weighted by Crippen LogP contribution is -2.02. The second-order valence-electron chi connectivity index (χ2n) is 4.22. The molecule has 0 aliphatic heterocycles. The molecule has 0 amide bonds. The van der Waals surface area contributed by atoms with Crippen molar-refractivity contribution in [1.29, 1.82) is 0 Å².